The number of halogens is 2. The van der Waals surface area contributed by atoms with Crippen molar-refractivity contribution in [3.63, 3.8) is 0 Å². The van der Waals surface area contributed by atoms with Crippen LogP contribution in [0.1, 0.15) is 26.3 Å². The molecule has 0 aliphatic carbocycles. The molecule has 0 radical (unpaired) electrons. The molecular weight excluding hydrogens is 268 g/mol. The number of phenols is 1. The zero-order valence-electron chi connectivity index (χ0n) is 11.4. The first-order valence-corrected chi connectivity index (χ1v) is 5.83. The highest BCUT2D eigenvalue weighted by atomic mass is 19.1. The minimum Gasteiger partial charge on any atom is -0.508 e. The number of benzene rings is 1. The van der Waals surface area contributed by atoms with E-state index in [1.54, 1.807) is 20.8 Å². The lowest BCUT2D eigenvalue weighted by Crippen LogP contribution is -2.32. The molecule has 1 amide bonds. The number of carbonyl (C=O) groups excluding carboxylic acids is 1. The van der Waals surface area contributed by atoms with Crippen LogP contribution in [-0.4, -0.2) is 23.3 Å². The van der Waals surface area contributed by atoms with Crippen LogP contribution in [0.3, 0.4) is 0 Å². The maximum absolute atomic E-state index is 13.3. The van der Waals surface area contributed by atoms with E-state index in [-0.39, 0.29) is 6.54 Å². The second-order valence-corrected chi connectivity index (χ2v) is 4.94. The number of hydrogen-bond acceptors (Lipinski definition) is 3. The van der Waals surface area contributed by atoms with E-state index in [1.165, 1.54) is 0 Å². The van der Waals surface area contributed by atoms with Crippen molar-refractivity contribution in [1.82, 2.24) is 5.32 Å². The number of nitrogens with one attached hydrogen (secondary N) is 1. The Morgan fingerprint density at radius 1 is 1.35 bits per heavy atom. The molecule has 1 rings (SSSR count). The van der Waals surface area contributed by atoms with Crippen molar-refractivity contribution in [2.75, 3.05) is 6.54 Å². The Hall–Kier alpha value is -2.29. The molecule has 0 aromatic heterocycles. The van der Waals surface area contributed by atoms with Crippen LogP contribution in [0.15, 0.2) is 12.1 Å². The van der Waals surface area contributed by atoms with Crippen molar-refractivity contribution in [1.29, 1.82) is 0 Å². The van der Waals surface area contributed by atoms with Crippen LogP contribution >= 0.6 is 0 Å². The molecule has 0 atom stereocenters. The number of carbonyl (C=O) groups is 1. The summed E-state index contributed by atoms with van der Waals surface area (Å²) in [6.45, 7) is 5.01. The van der Waals surface area contributed by atoms with Crippen LogP contribution in [0.25, 0.3) is 0 Å². The van der Waals surface area contributed by atoms with E-state index in [1.807, 2.05) is 0 Å². The fourth-order valence-electron chi connectivity index (χ4n) is 1.24. The first-order valence-electron chi connectivity index (χ1n) is 5.83. The fourth-order valence-corrected chi connectivity index (χ4v) is 1.24. The Morgan fingerprint density at radius 2 is 1.90 bits per heavy atom. The third-order valence-electron chi connectivity index (χ3n) is 1.96. The summed E-state index contributed by atoms with van der Waals surface area (Å²) >= 11 is 0. The standard InChI is InChI=1S/C14H15F2NO3/c1-14(2,3)20-13(19)17-6-4-5-10-11(15)7-9(18)8-12(10)16/h7-8,18H,6H2,1-3H3,(H,17,19). The van der Waals surface area contributed by atoms with Crippen LogP contribution in [0.5, 0.6) is 5.75 Å². The van der Waals surface area contributed by atoms with Gasteiger partial charge >= 0.3 is 6.09 Å². The number of ether oxygens (including phenoxy) is 1. The fraction of sp³-hybridized carbons (Fsp3) is 0.357. The number of phenolic OH excluding ortho intramolecular Hbond substituents is 1. The molecule has 0 heterocycles. The average molecular weight is 283 g/mol. The molecule has 0 unspecified atom stereocenters. The molecule has 0 aliphatic heterocycles. The van der Waals surface area contributed by atoms with Gasteiger partial charge in [0.05, 0.1) is 12.1 Å². The lowest BCUT2D eigenvalue weighted by molar-refractivity contribution is 0.0535. The van der Waals surface area contributed by atoms with Gasteiger partial charge in [0.25, 0.3) is 0 Å². The molecule has 1 aromatic carbocycles. The van der Waals surface area contributed by atoms with E-state index in [2.05, 4.69) is 17.2 Å². The molecule has 0 saturated carbocycles. The molecule has 0 fully saturated rings. The predicted octanol–water partition coefficient (Wildman–Crippen LogP) is 2.55. The van der Waals surface area contributed by atoms with Gasteiger partial charge in [-0.2, -0.15) is 0 Å². The quantitative estimate of drug-likeness (QED) is 0.779. The van der Waals surface area contributed by atoms with Crippen molar-refractivity contribution < 1.29 is 23.4 Å². The van der Waals surface area contributed by atoms with E-state index < -0.39 is 34.6 Å². The Balaban J connectivity index is 2.62. The van der Waals surface area contributed by atoms with E-state index in [9.17, 15) is 13.6 Å². The second-order valence-electron chi connectivity index (χ2n) is 4.94. The normalized spacial score (nSPS) is 10.4. The Kier molecular flexibility index (Phi) is 4.92. The summed E-state index contributed by atoms with van der Waals surface area (Å²) in [7, 11) is 0. The van der Waals surface area contributed by atoms with Gasteiger partial charge in [0.2, 0.25) is 0 Å². The van der Waals surface area contributed by atoms with Crippen molar-refractivity contribution in [2.45, 2.75) is 26.4 Å². The van der Waals surface area contributed by atoms with Crippen LogP contribution in [0, 0.1) is 23.5 Å². The van der Waals surface area contributed by atoms with Gasteiger partial charge in [-0.1, -0.05) is 11.8 Å². The Morgan fingerprint density at radius 3 is 2.40 bits per heavy atom. The average Bonchev–Trinajstić information content (AvgIpc) is 2.23. The molecular formula is C14H15F2NO3. The van der Waals surface area contributed by atoms with Crippen molar-refractivity contribution >= 4 is 6.09 Å². The van der Waals surface area contributed by atoms with Crippen LogP contribution < -0.4 is 5.32 Å². The number of rotatable bonds is 1. The van der Waals surface area contributed by atoms with E-state index in [0.29, 0.717) is 0 Å². The molecule has 1 aromatic rings. The summed E-state index contributed by atoms with van der Waals surface area (Å²) in [5.74, 6) is 2.19. The summed E-state index contributed by atoms with van der Waals surface area (Å²) in [5.41, 5.74) is -1.10. The number of amides is 1. The minimum atomic E-state index is -0.965. The number of aromatic hydroxyl groups is 1. The smallest absolute Gasteiger partial charge is 0.408 e. The highest BCUT2D eigenvalue weighted by molar-refractivity contribution is 5.68. The van der Waals surface area contributed by atoms with Gasteiger partial charge in [0.15, 0.2) is 0 Å². The van der Waals surface area contributed by atoms with Gasteiger partial charge in [-0.05, 0) is 20.8 Å². The maximum Gasteiger partial charge on any atom is 0.408 e. The summed E-state index contributed by atoms with van der Waals surface area (Å²) < 4.78 is 31.6. The Bertz CT molecular complexity index is 545. The summed E-state index contributed by atoms with van der Waals surface area (Å²) in [4.78, 5) is 11.3. The largest absolute Gasteiger partial charge is 0.508 e. The number of hydrogen-bond donors (Lipinski definition) is 2. The molecule has 0 spiro atoms. The first kappa shape index (κ1) is 15.8. The van der Waals surface area contributed by atoms with E-state index >= 15 is 0 Å². The highest BCUT2D eigenvalue weighted by Crippen LogP contribution is 2.18. The monoisotopic (exact) mass is 283 g/mol. The van der Waals surface area contributed by atoms with Crippen molar-refractivity contribution in [3.8, 4) is 17.6 Å². The van der Waals surface area contributed by atoms with Crippen LogP contribution in [0.4, 0.5) is 13.6 Å². The highest BCUT2D eigenvalue weighted by Gasteiger charge is 2.15. The zero-order valence-corrected chi connectivity index (χ0v) is 11.4. The summed E-state index contributed by atoms with van der Waals surface area (Å²) in [5, 5.41) is 11.3. The number of alkyl carbamates (subject to hydrolysis) is 1. The molecule has 6 heteroatoms. The Labute approximate surface area is 115 Å². The summed E-state index contributed by atoms with van der Waals surface area (Å²) in [6.07, 6.45) is -0.668. The zero-order chi connectivity index (χ0) is 15.3. The van der Waals surface area contributed by atoms with Crippen molar-refractivity contribution in [2.24, 2.45) is 0 Å². The first-order chi connectivity index (χ1) is 9.19. The predicted molar refractivity (Wildman–Crippen MR) is 69.1 cm³/mol. The van der Waals surface area contributed by atoms with E-state index in [0.717, 1.165) is 12.1 Å². The molecule has 20 heavy (non-hydrogen) atoms. The lowest BCUT2D eigenvalue weighted by atomic mass is 10.2. The minimum absolute atomic E-state index is 0.116. The third kappa shape index (κ3) is 5.14. The van der Waals surface area contributed by atoms with E-state index in [4.69, 9.17) is 9.84 Å². The molecule has 0 saturated heterocycles. The van der Waals surface area contributed by atoms with Gasteiger partial charge < -0.3 is 15.2 Å². The van der Waals surface area contributed by atoms with Crippen LogP contribution in [0.2, 0.25) is 0 Å². The molecule has 0 bridgehead atoms. The second kappa shape index (κ2) is 6.24. The molecule has 4 nitrogen and oxygen atoms in total. The SMILES string of the molecule is CC(C)(C)OC(=O)NCC#Cc1c(F)cc(O)cc1F. The van der Waals surface area contributed by atoms with Crippen LogP contribution in [-0.2, 0) is 4.74 Å². The molecule has 108 valence electrons. The van der Waals surface area contributed by atoms with Gasteiger partial charge in [-0.3, -0.25) is 0 Å². The van der Waals surface area contributed by atoms with Gasteiger partial charge in [-0.25, -0.2) is 13.6 Å². The lowest BCUT2D eigenvalue weighted by Gasteiger charge is -2.18. The molecule has 2 N–H and O–H groups in total. The molecule has 0 aliphatic rings. The van der Waals surface area contributed by atoms with Gasteiger partial charge in [0.1, 0.15) is 23.0 Å². The summed E-state index contributed by atoms with van der Waals surface area (Å²) in [6, 6.07) is 1.52. The van der Waals surface area contributed by atoms with Crippen molar-refractivity contribution in [3.05, 3.63) is 29.3 Å². The van der Waals surface area contributed by atoms with Gasteiger partial charge in [-0.15, -0.1) is 0 Å². The third-order valence-corrected chi connectivity index (χ3v) is 1.96. The topological polar surface area (TPSA) is 58.6 Å². The maximum atomic E-state index is 13.3. The van der Waals surface area contributed by atoms with Gasteiger partial charge in [0, 0.05) is 12.1 Å².